The first-order chi connectivity index (χ1) is 17.3. The minimum atomic E-state index is -0.752. The summed E-state index contributed by atoms with van der Waals surface area (Å²) in [5, 5.41) is 32.7. The SMILES string of the molecule is NC(=O)c1ccccc1NCc1c(C(=O)NN=Cc2cccc([N+](=O)[O-])c2)nnn1-c1nonc1N. The quantitative estimate of drug-likeness (QED) is 0.144. The van der Waals surface area contributed by atoms with Crippen LogP contribution in [0.25, 0.3) is 5.82 Å². The molecular formula is C20H17N11O5. The minimum absolute atomic E-state index is 0.0124. The summed E-state index contributed by atoms with van der Waals surface area (Å²) in [5.74, 6) is -1.52. The predicted molar refractivity (Wildman–Crippen MR) is 124 cm³/mol. The van der Waals surface area contributed by atoms with E-state index in [-0.39, 0.29) is 40.8 Å². The van der Waals surface area contributed by atoms with Crippen molar-refractivity contribution in [3.63, 3.8) is 0 Å². The van der Waals surface area contributed by atoms with Crippen molar-refractivity contribution in [2.45, 2.75) is 6.54 Å². The normalized spacial score (nSPS) is 10.9. The Hall–Kier alpha value is -5.67. The number of rotatable bonds is 9. The van der Waals surface area contributed by atoms with Crippen LogP contribution in [0, 0.1) is 10.1 Å². The van der Waals surface area contributed by atoms with Crippen molar-refractivity contribution in [1.29, 1.82) is 0 Å². The lowest BCUT2D eigenvalue weighted by Gasteiger charge is -2.11. The molecule has 0 saturated heterocycles. The van der Waals surface area contributed by atoms with Gasteiger partial charge in [0.25, 0.3) is 17.5 Å². The maximum atomic E-state index is 12.8. The second-order valence-electron chi connectivity index (χ2n) is 7.08. The van der Waals surface area contributed by atoms with Gasteiger partial charge in [0.15, 0.2) is 5.69 Å². The number of nitro benzene ring substituents is 1. The Morgan fingerprint density at radius 2 is 2.00 bits per heavy atom. The topological polar surface area (TPSA) is 235 Å². The van der Waals surface area contributed by atoms with E-state index in [1.165, 1.54) is 30.5 Å². The highest BCUT2D eigenvalue weighted by atomic mass is 16.6. The second-order valence-corrected chi connectivity index (χ2v) is 7.08. The fourth-order valence-electron chi connectivity index (χ4n) is 3.11. The standard InChI is InChI=1S/C20H17N11O5/c21-17-19(28-36-27-17)30-15(10-23-14-7-2-1-6-13(14)18(22)32)16(25-29-30)20(33)26-24-9-11-4-3-5-12(8-11)31(34)35/h1-9,23H,10H2,(H2,21,27)(H2,22,32)(H,26,33). The molecule has 0 unspecified atom stereocenters. The van der Waals surface area contributed by atoms with Crippen LogP contribution in [0.15, 0.2) is 58.3 Å². The summed E-state index contributed by atoms with van der Waals surface area (Å²) in [6, 6.07) is 12.2. The van der Waals surface area contributed by atoms with Crippen molar-refractivity contribution in [3.8, 4) is 5.82 Å². The summed E-state index contributed by atoms with van der Waals surface area (Å²) in [6.45, 7) is -0.0685. The van der Waals surface area contributed by atoms with Gasteiger partial charge < -0.3 is 16.8 Å². The van der Waals surface area contributed by atoms with Gasteiger partial charge in [0.05, 0.1) is 28.9 Å². The van der Waals surface area contributed by atoms with Gasteiger partial charge in [-0.25, -0.2) is 10.1 Å². The van der Waals surface area contributed by atoms with Crippen LogP contribution in [0.5, 0.6) is 0 Å². The van der Waals surface area contributed by atoms with Gasteiger partial charge in [-0.05, 0) is 22.4 Å². The molecule has 0 aliphatic heterocycles. The number of aromatic nitrogens is 5. The number of nitro groups is 1. The Bertz CT molecular complexity index is 1480. The second kappa shape index (κ2) is 10.1. The molecule has 0 atom stereocenters. The number of nitrogens with zero attached hydrogens (tertiary/aromatic N) is 7. The van der Waals surface area contributed by atoms with Crippen molar-refractivity contribution < 1.29 is 19.1 Å². The molecule has 0 saturated carbocycles. The van der Waals surface area contributed by atoms with Crippen LogP contribution >= 0.6 is 0 Å². The lowest BCUT2D eigenvalue weighted by atomic mass is 10.1. The summed E-state index contributed by atoms with van der Waals surface area (Å²) >= 11 is 0. The van der Waals surface area contributed by atoms with Crippen LogP contribution in [0.3, 0.4) is 0 Å². The molecule has 182 valence electrons. The summed E-state index contributed by atoms with van der Waals surface area (Å²) < 4.78 is 5.75. The molecule has 0 radical (unpaired) electrons. The Morgan fingerprint density at radius 3 is 2.72 bits per heavy atom. The lowest BCUT2D eigenvalue weighted by Crippen LogP contribution is -2.22. The largest absolute Gasteiger partial charge is 0.379 e. The van der Waals surface area contributed by atoms with E-state index in [1.807, 2.05) is 0 Å². The summed E-state index contributed by atoms with van der Waals surface area (Å²) in [5.41, 5.74) is 14.4. The van der Waals surface area contributed by atoms with Gasteiger partial charge in [0.2, 0.25) is 11.6 Å². The monoisotopic (exact) mass is 491 g/mol. The molecule has 16 nitrogen and oxygen atoms in total. The van der Waals surface area contributed by atoms with Gasteiger partial charge in [-0.2, -0.15) is 9.78 Å². The maximum absolute atomic E-state index is 12.8. The zero-order valence-electron chi connectivity index (χ0n) is 18.2. The van der Waals surface area contributed by atoms with Gasteiger partial charge in [-0.3, -0.25) is 19.7 Å². The van der Waals surface area contributed by atoms with E-state index >= 15 is 0 Å². The Kier molecular flexibility index (Phi) is 6.57. The smallest absolute Gasteiger partial charge is 0.293 e. The number of hydrogen-bond acceptors (Lipinski definition) is 12. The number of benzene rings is 2. The number of primary amides is 1. The van der Waals surface area contributed by atoms with E-state index in [2.05, 4.69) is 41.1 Å². The highest BCUT2D eigenvalue weighted by Gasteiger charge is 2.24. The number of carbonyl (C=O) groups excluding carboxylic acids is 2. The molecule has 0 aliphatic carbocycles. The summed E-state index contributed by atoms with van der Waals surface area (Å²) in [7, 11) is 0. The van der Waals surface area contributed by atoms with Crippen LogP contribution in [-0.2, 0) is 6.54 Å². The fourth-order valence-corrected chi connectivity index (χ4v) is 3.11. The minimum Gasteiger partial charge on any atom is -0.379 e. The van der Waals surface area contributed by atoms with Crippen LogP contribution in [0.1, 0.15) is 32.1 Å². The summed E-state index contributed by atoms with van der Waals surface area (Å²) in [4.78, 5) is 35.0. The van der Waals surface area contributed by atoms with Gasteiger partial charge >= 0.3 is 0 Å². The molecule has 2 heterocycles. The number of hydrazone groups is 1. The fraction of sp³-hybridized carbons (Fsp3) is 0.0500. The third kappa shape index (κ3) is 4.96. The lowest BCUT2D eigenvalue weighted by molar-refractivity contribution is -0.384. The van der Waals surface area contributed by atoms with Crippen molar-refractivity contribution >= 4 is 35.2 Å². The van der Waals surface area contributed by atoms with E-state index in [0.717, 1.165) is 4.68 Å². The van der Waals surface area contributed by atoms with Gasteiger partial charge in [-0.15, -0.1) is 5.10 Å². The van der Waals surface area contributed by atoms with E-state index in [1.54, 1.807) is 24.3 Å². The molecule has 4 aromatic rings. The van der Waals surface area contributed by atoms with Crippen LogP contribution in [0.4, 0.5) is 17.2 Å². The third-order valence-electron chi connectivity index (χ3n) is 4.77. The number of amides is 2. The number of hydrogen-bond donors (Lipinski definition) is 4. The van der Waals surface area contributed by atoms with E-state index in [9.17, 15) is 19.7 Å². The highest BCUT2D eigenvalue weighted by molar-refractivity contribution is 5.98. The Labute approximate surface area is 201 Å². The Morgan fingerprint density at radius 1 is 1.19 bits per heavy atom. The number of non-ortho nitro benzene ring substituents is 1. The van der Waals surface area contributed by atoms with Gasteiger partial charge in [0, 0.05) is 23.4 Å². The molecule has 0 aliphatic rings. The molecule has 0 bridgehead atoms. The number of carbonyl (C=O) groups is 2. The predicted octanol–water partition coefficient (Wildman–Crippen LogP) is 0.616. The van der Waals surface area contributed by atoms with E-state index in [0.29, 0.717) is 11.3 Å². The molecule has 36 heavy (non-hydrogen) atoms. The Balaban J connectivity index is 1.60. The number of para-hydroxylation sites is 1. The van der Waals surface area contributed by atoms with Crippen LogP contribution in [0.2, 0.25) is 0 Å². The molecule has 2 aromatic heterocycles. The molecule has 0 spiro atoms. The first-order valence-corrected chi connectivity index (χ1v) is 10.1. The number of nitrogens with two attached hydrogens (primary N) is 2. The zero-order chi connectivity index (χ0) is 25.7. The summed E-state index contributed by atoms with van der Waals surface area (Å²) in [6.07, 6.45) is 1.23. The molecular weight excluding hydrogens is 474 g/mol. The van der Waals surface area contributed by atoms with Crippen molar-refractivity contribution in [3.05, 3.63) is 81.2 Å². The highest BCUT2D eigenvalue weighted by Crippen LogP contribution is 2.20. The molecule has 16 heteroatoms. The molecule has 6 N–H and O–H groups in total. The maximum Gasteiger partial charge on any atom is 0.293 e. The number of nitrogen functional groups attached to an aromatic ring is 1. The number of nitrogens with one attached hydrogen (secondary N) is 2. The van der Waals surface area contributed by atoms with Crippen molar-refractivity contribution in [1.82, 2.24) is 30.7 Å². The molecule has 2 amide bonds. The zero-order valence-corrected chi connectivity index (χ0v) is 18.2. The first kappa shape index (κ1) is 23.5. The molecule has 2 aromatic carbocycles. The molecule has 0 fully saturated rings. The van der Waals surface area contributed by atoms with Crippen molar-refractivity contribution in [2.24, 2.45) is 10.8 Å². The van der Waals surface area contributed by atoms with Crippen LogP contribution in [-0.4, -0.2) is 48.3 Å². The van der Waals surface area contributed by atoms with Gasteiger partial charge in [0.1, 0.15) is 0 Å². The van der Waals surface area contributed by atoms with Gasteiger partial charge in [-0.1, -0.05) is 29.5 Å². The van der Waals surface area contributed by atoms with E-state index in [4.69, 9.17) is 11.5 Å². The first-order valence-electron chi connectivity index (χ1n) is 10.1. The van der Waals surface area contributed by atoms with Crippen LogP contribution < -0.4 is 22.2 Å². The van der Waals surface area contributed by atoms with Crippen molar-refractivity contribution in [2.75, 3.05) is 11.1 Å². The average molecular weight is 491 g/mol. The van der Waals surface area contributed by atoms with E-state index < -0.39 is 16.7 Å². The molecule has 4 rings (SSSR count). The third-order valence-corrected chi connectivity index (χ3v) is 4.77. The average Bonchev–Trinajstić information content (AvgIpc) is 3.48. The number of anilines is 2.